The van der Waals surface area contributed by atoms with Crippen LogP contribution in [0.1, 0.15) is 51.5 Å². The zero-order valence-corrected chi connectivity index (χ0v) is 22.9. The van der Waals surface area contributed by atoms with Crippen LogP contribution in [0.3, 0.4) is 0 Å². The summed E-state index contributed by atoms with van der Waals surface area (Å²) in [6.07, 6.45) is 5.22. The summed E-state index contributed by atoms with van der Waals surface area (Å²) in [5, 5.41) is 9.93. The van der Waals surface area contributed by atoms with E-state index in [1.165, 1.54) is 0 Å². The molecule has 2 unspecified atom stereocenters. The van der Waals surface area contributed by atoms with Crippen LogP contribution in [0, 0.1) is 6.92 Å². The van der Waals surface area contributed by atoms with E-state index in [0.717, 1.165) is 62.6 Å². The lowest BCUT2D eigenvalue weighted by Crippen LogP contribution is -2.50. The van der Waals surface area contributed by atoms with E-state index in [9.17, 15) is 4.79 Å². The second-order valence-electron chi connectivity index (χ2n) is 10.7. The number of piperidine rings is 1. The molecule has 0 aliphatic carbocycles. The third-order valence-corrected chi connectivity index (χ3v) is 8.67. The van der Waals surface area contributed by atoms with E-state index in [4.69, 9.17) is 9.47 Å². The minimum absolute atomic E-state index is 0.00619. The molecule has 1 amide bonds. The first-order valence-corrected chi connectivity index (χ1v) is 14.3. The zero-order chi connectivity index (χ0) is 25.7. The molecule has 2 fully saturated rings. The van der Waals surface area contributed by atoms with Crippen molar-refractivity contribution >= 4 is 39.0 Å². The van der Waals surface area contributed by atoms with Crippen LogP contribution in [0.15, 0.2) is 36.0 Å². The number of rotatable bonds is 4. The van der Waals surface area contributed by atoms with Crippen molar-refractivity contribution < 1.29 is 14.3 Å². The molecule has 8 nitrogen and oxygen atoms in total. The predicted molar refractivity (Wildman–Crippen MR) is 145 cm³/mol. The van der Waals surface area contributed by atoms with Crippen LogP contribution < -0.4 is 4.74 Å². The van der Waals surface area contributed by atoms with Crippen molar-refractivity contribution in [2.24, 2.45) is 0 Å². The van der Waals surface area contributed by atoms with Crippen molar-refractivity contribution in [1.82, 2.24) is 25.1 Å². The smallest absolute Gasteiger partial charge is 0.410 e. The van der Waals surface area contributed by atoms with E-state index in [0.29, 0.717) is 5.88 Å². The van der Waals surface area contributed by atoms with Gasteiger partial charge >= 0.3 is 6.09 Å². The second-order valence-corrected chi connectivity index (χ2v) is 12.8. The molecule has 5 heterocycles. The summed E-state index contributed by atoms with van der Waals surface area (Å²) in [6, 6.07) is 8.30. The Morgan fingerprint density at radius 2 is 1.78 bits per heavy atom. The number of carbonyl (C=O) groups is 1. The summed E-state index contributed by atoms with van der Waals surface area (Å²) in [4.78, 5) is 24.8. The standard InChI is InChI=1S/C27H29N5O3S2/c1-15-28-13-22(37-15)20-8-7-19(25-24(20)29-14-36-25)21-9-10-23(31-30-21)34-18-11-16-5-6-17(12-18)32(16)26(33)35-27(2,3)4/h7-10,13-14,16-18H,5-6,11-12H2,1-4H3. The summed E-state index contributed by atoms with van der Waals surface area (Å²) in [6.45, 7) is 7.72. The maximum Gasteiger partial charge on any atom is 0.410 e. The second kappa shape index (κ2) is 9.33. The van der Waals surface area contributed by atoms with Crippen molar-refractivity contribution in [3.8, 4) is 27.6 Å². The molecule has 1 aromatic carbocycles. The number of aryl methyl sites for hydroxylation is 1. The van der Waals surface area contributed by atoms with Gasteiger partial charge in [-0.15, -0.1) is 32.9 Å². The van der Waals surface area contributed by atoms with E-state index in [-0.39, 0.29) is 24.3 Å². The lowest BCUT2D eigenvalue weighted by atomic mass is 10.0. The molecule has 2 atom stereocenters. The van der Waals surface area contributed by atoms with Gasteiger partial charge < -0.3 is 14.4 Å². The van der Waals surface area contributed by atoms with Gasteiger partial charge in [-0.3, -0.25) is 0 Å². The minimum atomic E-state index is -0.494. The Labute approximate surface area is 223 Å². The fourth-order valence-electron chi connectivity index (χ4n) is 5.37. The fourth-order valence-corrected chi connectivity index (χ4v) is 7.01. The molecule has 10 heteroatoms. The molecule has 192 valence electrons. The van der Waals surface area contributed by atoms with Gasteiger partial charge in [-0.25, -0.2) is 14.8 Å². The zero-order valence-electron chi connectivity index (χ0n) is 21.3. The maximum atomic E-state index is 12.7. The quantitative estimate of drug-likeness (QED) is 0.295. The van der Waals surface area contributed by atoms with E-state index in [1.807, 2.05) is 56.4 Å². The molecular weight excluding hydrogens is 506 g/mol. The average molecular weight is 536 g/mol. The number of aromatic nitrogens is 4. The van der Waals surface area contributed by atoms with Crippen LogP contribution in [-0.4, -0.2) is 54.9 Å². The van der Waals surface area contributed by atoms with Crippen LogP contribution in [0.2, 0.25) is 0 Å². The number of hydrogen-bond acceptors (Lipinski definition) is 9. The van der Waals surface area contributed by atoms with Gasteiger partial charge in [0, 0.05) is 48.3 Å². The molecule has 4 aromatic rings. The number of carbonyl (C=O) groups excluding carboxylic acids is 1. The third kappa shape index (κ3) is 4.80. The van der Waals surface area contributed by atoms with Crippen LogP contribution in [0.5, 0.6) is 5.88 Å². The lowest BCUT2D eigenvalue weighted by Gasteiger charge is -2.39. The summed E-state index contributed by atoms with van der Waals surface area (Å²) in [7, 11) is 0. The van der Waals surface area contributed by atoms with Crippen molar-refractivity contribution in [3.63, 3.8) is 0 Å². The van der Waals surface area contributed by atoms with Crippen LogP contribution in [-0.2, 0) is 4.74 Å². The van der Waals surface area contributed by atoms with Crippen molar-refractivity contribution in [2.75, 3.05) is 0 Å². The number of fused-ring (bicyclic) bond motifs is 3. The normalized spacial score (nSPS) is 21.4. The topological polar surface area (TPSA) is 90.3 Å². The lowest BCUT2D eigenvalue weighted by molar-refractivity contribution is -0.00771. The summed E-state index contributed by atoms with van der Waals surface area (Å²) in [5.41, 5.74) is 5.21. The summed E-state index contributed by atoms with van der Waals surface area (Å²) in [5.74, 6) is 0.510. The van der Waals surface area contributed by atoms with Crippen molar-refractivity contribution in [2.45, 2.75) is 77.2 Å². The van der Waals surface area contributed by atoms with E-state index < -0.39 is 5.60 Å². The van der Waals surface area contributed by atoms with E-state index in [2.05, 4.69) is 32.3 Å². The third-order valence-electron chi connectivity index (χ3n) is 6.87. The Morgan fingerprint density at radius 1 is 1.03 bits per heavy atom. The SMILES string of the molecule is Cc1ncc(-c2ccc(-c3ccc(OC4CC5CCC(C4)N5C(=O)OC(C)(C)C)nn3)c3scnc23)s1. The molecule has 0 N–H and O–H groups in total. The van der Waals surface area contributed by atoms with Gasteiger partial charge in [-0.2, -0.15) is 0 Å². The fraction of sp³-hybridized carbons (Fsp3) is 0.444. The van der Waals surface area contributed by atoms with Gasteiger partial charge in [0.05, 0.1) is 31.3 Å². The largest absolute Gasteiger partial charge is 0.473 e. The highest BCUT2D eigenvalue weighted by Gasteiger charge is 2.45. The molecule has 0 spiro atoms. The van der Waals surface area contributed by atoms with Gasteiger partial charge in [-0.05, 0) is 46.6 Å². The summed E-state index contributed by atoms with van der Waals surface area (Å²) < 4.78 is 13.0. The number of thiazole rings is 2. The molecule has 0 saturated carbocycles. The number of benzene rings is 1. The first kappa shape index (κ1) is 24.2. The first-order chi connectivity index (χ1) is 17.7. The molecule has 2 saturated heterocycles. The summed E-state index contributed by atoms with van der Waals surface area (Å²) >= 11 is 3.27. The average Bonchev–Trinajstić information content (AvgIpc) is 3.56. The molecule has 2 aliphatic heterocycles. The molecule has 0 radical (unpaired) electrons. The van der Waals surface area contributed by atoms with Gasteiger partial charge in [0.25, 0.3) is 0 Å². The van der Waals surface area contributed by atoms with Crippen LogP contribution in [0.25, 0.3) is 31.9 Å². The number of ether oxygens (including phenoxy) is 2. The number of amides is 1. The Hall–Kier alpha value is -3.11. The van der Waals surface area contributed by atoms with Gasteiger partial charge in [-0.1, -0.05) is 12.1 Å². The molecule has 2 bridgehead atoms. The number of nitrogens with zero attached hydrogens (tertiary/aromatic N) is 5. The Morgan fingerprint density at radius 3 is 2.43 bits per heavy atom. The minimum Gasteiger partial charge on any atom is -0.473 e. The predicted octanol–water partition coefficient (Wildman–Crippen LogP) is 6.49. The maximum absolute atomic E-state index is 12.7. The number of hydrogen-bond donors (Lipinski definition) is 0. The Bertz CT molecular complexity index is 1430. The highest BCUT2D eigenvalue weighted by atomic mass is 32.1. The Kier molecular flexibility index (Phi) is 6.11. The molecule has 3 aromatic heterocycles. The van der Waals surface area contributed by atoms with Crippen LogP contribution in [0.4, 0.5) is 4.79 Å². The Balaban J connectivity index is 1.16. The van der Waals surface area contributed by atoms with Crippen molar-refractivity contribution in [3.05, 3.63) is 41.0 Å². The van der Waals surface area contributed by atoms with E-state index in [1.54, 1.807) is 22.7 Å². The molecule has 6 rings (SSSR count). The van der Waals surface area contributed by atoms with Gasteiger partial charge in [0.15, 0.2) is 0 Å². The molecule has 37 heavy (non-hydrogen) atoms. The highest BCUT2D eigenvalue weighted by Crippen LogP contribution is 2.40. The van der Waals surface area contributed by atoms with Gasteiger partial charge in [0.1, 0.15) is 11.7 Å². The molecular formula is C27H29N5O3S2. The highest BCUT2D eigenvalue weighted by molar-refractivity contribution is 7.18. The van der Waals surface area contributed by atoms with E-state index >= 15 is 0 Å². The van der Waals surface area contributed by atoms with Crippen molar-refractivity contribution in [1.29, 1.82) is 0 Å². The molecule has 2 aliphatic rings. The first-order valence-electron chi connectivity index (χ1n) is 12.6. The monoisotopic (exact) mass is 535 g/mol. The van der Waals surface area contributed by atoms with Crippen LogP contribution >= 0.6 is 22.7 Å². The van der Waals surface area contributed by atoms with Gasteiger partial charge in [0.2, 0.25) is 5.88 Å².